The molecular formula is C16H12Cl2N2O2. The molecular weight excluding hydrogens is 323 g/mol. The van der Waals surface area contributed by atoms with Gasteiger partial charge in [-0.3, -0.25) is 14.6 Å². The Kier molecular flexibility index (Phi) is 4.05. The molecule has 0 aromatic heterocycles. The van der Waals surface area contributed by atoms with E-state index in [1.165, 1.54) is 9.80 Å². The van der Waals surface area contributed by atoms with E-state index < -0.39 is 0 Å². The largest absolute Gasteiger partial charge is 0.332 e. The maximum absolute atomic E-state index is 12.5. The molecule has 0 saturated carbocycles. The summed E-state index contributed by atoms with van der Waals surface area (Å²) in [5.74, 6) is -0.250. The second-order valence-electron chi connectivity index (χ2n) is 4.92. The van der Waals surface area contributed by atoms with Crippen LogP contribution in [0.1, 0.15) is 5.56 Å². The normalized spacial score (nSPS) is 14.8. The highest BCUT2D eigenvalue weighted by Gasteiger charge is 2.36. The minimum absolute atomic E-state index is 0.0358. The highest BCUT2D eigenvalue weighted by molar-refractivity contribution is 6.35. The lowest BCUT2D eigenvalue weighted by atomic mass is 10.2. The molecule has 0 atom stereocenters. The molecule has 3 rings (SSSR count). The Balaban J connectivity index is 1.83. The number of carbonyl (C=O) groups is 2. The van der Waals surface area contributed by atoms with Gasteiger partial charge in [-0.15, -0.1) is 0 Å². The van der Waals surface area contributed by atoms with Gasteiger partial charge >= 0.3 is 6.03 Å². The van der Waals surface area contributed by atoms with E-state index in [0.29, 0.717) is 21.3 Å². The van der Waals surface area contributed by atoms with Gasteiger partial charge in [0.15, 0.2) is 0 Å². The van der Waals surface area contributed by atoms with Crippen molar-refractivity contribution in [3.63, 3.8) is 0 Å². The second-order valence-corrected chi connectivity index (χ2v) is 5.76. The molecule has 112 valence electrons. The summed E-state index contributed by atoms with van der Waals surface area (Å²) in [4.78, 5) is 27.3. The van der Waals surface area contributed by atoms with Crippen molar-refractivity contribution >= 4 is 40.8 Å². The summed E-state index contributed by atoms with van der Waals surface area (Å²) in [7, 11) is 0. The average Bonchev–Trinajstić information content (AvgIpc) is 2.79. The van der Waals surface area contributed by atoms with Crippen LogP contribution in [0, 0.1) is 0 Å². The van der Waals surface area contributed by atoms with Gasteiger partial charge in [-0.25, -0.2) is 4.79 Å². The molecule has 0 N–H and O–H groups in total. The van der Waals surface area contributed by atoms with E-state index in [1.807, 2.05) is 18.2 Å². The summed E-state index contributed by atoms with van der Waals surface area (Å²) in [5.41, 5.74) is 1.38. The molecule has 3 amide bonds. The third kappa shape index (κ3) is 2.80. The molecule has 0 bridgehead atoms. The molecule has 0 unspecified atom stereocenters. The van der Waals surface area contributed by atoms with Crippen LogP contribution in [-0.2, 0) is 11.3 Å². The fraction of sp³-hybridized carbons (Fsp3) is 0.125. The number of para-hydroxylation sites is 1. The first-order valence-corrected chi connectivity index (χ1v) is 7.42. The van der Waals surface area contributed by atoms with Crippen LogP contribution in [0.15, 0.2) is 48.5 Å². The van der Waals surface area contributed by atoms with Crippen molar-refractivity contribution in [3.05, 3.63) is 64.1 Å². The van der Waals surface area contributed by atoms with Crippen molar-refractivity contribution in [3.8, 4) is 0 Å². The van der Waals surface area contributed by atoms with Gasteiger partial charge in [-0.05, 0) is 29.8 Å². The maximum Gasteiger partial charge on any atom is 0.332 e. The molecule has 4 nitrogen and oxygen atoms in total. The van der Waals surface area contributed by atoms with Crippen molar-refractivity contribution in [1.29, 1.82) is 0 Å². The van der Waals surface area contributed by atoms with Crippen LogP contribution in [0.5, 0.6) is 0 Å². The Bertz CT molecular complexity index is 734. The van der Waals surface area contributed by atoms with E-state index in [9.17, 15) is 9.59 Å². The van der Waals surface area contributed by atoms with Gasteiger partial charge in [-0.1, -0.05) is 47.5 Å². The minimum atomic E-state index is -0.345. The Hall–Kier alpha value is -2.04. The quantitative estimate of drug-likeness (QED) is 0.797. The van der Waals surface area contributed by atoms with E-state index in [2.05, 4.69) is 0 Å². The third-order valence-corrected chi connectivity index (χ3v) is 4.05. The number of urea groups is 1. The first-order chi connectivity index (χ1) is 10.6. The topological polar surface area (TPSA) is 40.6 Å². The summed E-state index contributed by atoms with van der Waals surface area (Å²) in [6, 6.07) is 13.8. The SMILES string of the molecule is O=C1CN(c2ccccc2)C(=O)N1Cc1ccc(Cl)cc1Cl. The lowest BCUT2D eigenvalue weighted by Gasteiger charge is -2.17. The van der Waals surface area contributed by atoms with Crippen LogP contribution in [0.3, 0.4) is 0 Å². The van der Waals surface area contributed by atoms with Gasteiger partial charge in [0.05, 0.1) is 6.54 Å². The molecule has 1 aliphatic heterocycles. The smallest absolute Gasteiger partial charge is 0.285 e. The van der Waals surface area contributed by atoms with Gasteiger partial charge < -0.3 is 0 Å². The molecule has 1 fully saturated rings. The number of anilines is 1. The van der Waals surface area contributed by atoms with Gasteiger partial charge in [0, 0.05) is 15.7 Å². The van der Waals surface area contributed by atoms with E-state index in [1.54, 1.807) is 30.3 Å². The van der Waals surface area contributed by atoms with Gasteiger partial charge in [0.1, 0.15) is 6.54 Å². The van der Waals surface area contributed by atoms with Crippen LogP contribution in [-0.4, -0.2) is 23.4 Å². The highest BCUT2D eigenvalue weighted by atomic mass is 35.5. The Morgan fingerprint density at radius 3 is 2.41 bits per heavy atom. The molecule has 2 aromatic rings. The highest BCUT2D eigenvalue weighted by Crippen LogP contribution is 2.26. The average molecular weight is 335 g/mol. The van der Waals surface area contributed by atoms with Gasteiger partial charge in [0.2, 0.25) is 0 Å². The lowest BCUT2D eigenvalue weighted by molar-refractivity contribution is -0.125. The lowest BCUT2D eigenvalue weighted by Crippen LogP contribution is -2.32. The van der Waals surface area contributed by atoms with E-state index >= 15 is 0 Å². The van der Waals surface area contributed by atoms with Crippen LogP contribution in [0.25, 0.3) is 0 Å². The van der Waals surface area contributed by atoms with Crippen LogP contribution in [0.4, 0.5) is 10.5 Å². The maximum atomic E-state index is 12.5. The number of benzene rings is 2. The third-order valence-electron chi connectivity index (χ3n) is 3.47. The van der Waals surface area contributed by atoms with Crippen molar-refractivity contribution in [2.75, 3.05) is 11.4 Å². The summed E-state index contributed by atoms with van der Waals surface area (Å²) in [5, 5.41) is 0.949. The molecule has 22 heavy (non-hydrogen) atoms. The van der Waals surface area contributed by atoms with Gasteiger partial charge in [0.25, 0.3) is 5.91 Å². The fourth-order valence-electron chi connectivity index (χ4n) is 2.33. The fourth-order valence-corrected chi connectivity index (χ4v) is 2.79. The number of carbonyl (C=O) groups excluding carboxylic acids is 2. The van der Waals surface area contributed by atoms with Crippen molar-refractivity contribution in [1.82, 2.24) is 4.90 Å². The van der Waals surface area contributed by atoms with Crippen LogP contribution < -0.4 is 4.90 Å². The van der Waals surface area contributed by atoms with Crippen LogP contribution in [0.2, 0.25) is 10.0 Å². The zero-order valence-corrected chi connectivity index (χ0v) is 13.0. The molecule has 0 aliphatic carbocycles. The molecule has 6 heteroatoms. The first kappa shape index (κ1) is 14.9. The summed E-state index contributed by atoms with van der Waals surface area (Å²) in [6.07, 6.45) is 0. The Morgan fingerprint density at radius 2 is 1.73 bits per heavy atom. The van der Waals surface area contributed by atoms with E-state index in [4.69, 9.17) is 23.2 Å². The van der Waals surface area contributed by atoms with Crippen LogP contribution >= 0.6 is 23.2 Å². The Morgan fingerprint density at radius 1 is 1.00 bits per heavy atom. The minimum Gasteiger partial charge on any atom is -0.285 e. The first-order valence-electron chi connectivity index (χ1n) is 6.67. The van der Waals surface area contributed by atoms with Crippen molar-refractivity contribution in [2.45, 2.75) is 6.54 Å². The number of amides is 3. The number of halogens is 2. The van der Waals surface area contributed by atoms with Crippen molar-refractivity contribution in [2.24, 2.45) is 0 Å². The molecule has 1 saturated heterocycles. The summed E-state index contributed by atoms with van der Waals surface area (Å²) >= 11 is 12.0. The molecule has 0 spiro atoms. The zero-order chi connectivity index (χ0) is 15.7. The molecule has 0 radical (unpaired) electrons. The number of nitrogens with zero attached hydrogens (tertiary/aromatic N) is 2. The van der Waals surface area contributed by atoms with E-state index in [0.717, 1.165) is 0 Å². The Labute approximate surface area is 137 Å². The zero-order valence-electron chi connectivity index (χ0n) is 11.5. The van der Waals surface area contributed by atoms with E-state index in [-0.39, 0.29) is 25.0 Å². The number of hydrogen-bond donors (Lipinski definition) is 0. The standard InChI is InChI=1S/C16H12Cl2N2O2/c17-12-7-6-11(14(18)8-12)9-20-15(21)10-19(16(20)22)13-4-2-1-3-5-13/h1-8H,9-10H2. The number of hydrogen-bond acceptors (Lipinski definition) is 2. The monoisotopic (exact) mass is 334 g/mol. The summed E-state index contributed by atoms with van der Waals surface area (Å²) < 4.78 is 0. The summed E-state index contributed by atoms with van der Waals surface area (Å²) in [6.45, 7) is 0.172. The molecule has 1 heterocycles. The molecule has 2 aromatic carbocycles. The van der Waals surface area contributed by atoms with Crippen molar-refractivity contribution < 1.29 is 9.59 Å². The predicted octanol–water partition coefficient (Wildman–Crippen LogP) is 3.96. The predicted molar refractivity (Wildman–Crippen MR) is 86.2 cm³/mol. The number of imide groups is 1. The second kappa shape index (κ2) is 5.99. The number of rotatable bonds is 3. The molecule has 1 aliphatic rings. The van der Waals surface area contributed by atoms with Gasteiger partial charge in [-0.2, -0.15) is 0 Å².